The number of rotatable bonds is 5. The van der Waals surface area contributed by atoms with Gasteiger partial charge in [0, 0.05) is 37.7 Å². The maximum atomic E-state index is 12.5. The molecule has 2 N–H and O–H groups in total. The van der Waals surface area contributed by atoms with Crippen LogP contribution in [0.5, 0.6) is 0 Å². The van der Waals surface area contributed by atoms with E-state index in [1.54, 1.807) is 0 Å². The van der Waals surface area contributed by atoms with E-state index in [-0.39, 0.29) is 17.9 Å². The average molecular weight is 365 g/mol. The highest BCUT2D eigenvalue weighted by Gasteiger charge is 2.24. The quantitative estimate of drug-likeness (QED) is 0.852. The molecule has 27 heavy (non-hydrogen) atoms. The van der Waals surface area contributed by atoms with E-state index >= 15 is 0 Å². The van der Waals surface area contributed by atoms with E-state index in [0.717, 1.165) is 30.5 Å². The zero-order valence-electron chi connectivity index (χ0n) is 15.8. The van der Waals surface area contributed by atoms with Gasteiger partial charge in [0.05, 0.1) is 0 Å². The van der Waals surface area contributed by atoms with Crippen molar-refractivity contribution in [1.82, 2.24) is 15.5 Å². The smallest absolute Gasteiger partial charge is 0.317 e. The number of carbonyl (C=O) groups is 2. The Balaban J connectivity index is 1.64. The first kappa shape index (κ1) is 19.0. The first-order chi connectivity index (χ1) is 13.2. The fourth-order valence-electron chi connectivity index (χ4n) is 3.51. The molecule has 0 radical (unpaired) electrons. The highest BCUT2D eigenvalue weighted by Crippen LogP contribution is 2.27. The third-order valence-electron chi connectivity index (χ3n) is 4.95. The van der Waals surface area contributed by atoms with Crippen molar-refractivity contribution < 1.29 is 9.59 Å². The van der Waals surface area contributed by atoms with E-state index in [1.165, 1.54) is 0 Å². The van der Waals surface area contributed by atoms with E-state index in [1.807, 2.05) is 60.4 Å². The number of nitrogens with zero attached hydrogens (tertiary/aromatic N) is 1. The zero-order valence-corrected chi connectivity index (χ0v) is 15.8. The normalized spacial score (nSPS) is 16.6. The van der Waals surface area contributed by atoms with Gasteiger partial charge < -0.3 is 15.5 Å². The molecule has 1 atom stereocenters. The van der Waals surface area contributed by atoms with Crippen molar-refractivity contribution in [2.75, 3.05) is 19.6 Å². The van der Waals surface area contributed by atoms with Gasteiger partial charge in [-0.05, 0) is 43.0 Å². The molecule has 0 saturated carbocycles. The Hall–Kier alpha value is -2.82. The molecule has 2 aromatic carbocycles. The number of hydrogen-bond donors (Lipinski definition) is 2. The SMILES string of the molecule is CCNC(=O)N1CCCC(c2cccc(C(=O)NCc3ccccc3)c2)C1. The number of carbonyl (C=O) groups excluding carboxylic acids is 2. The first-order valence-corrected chi connectivity index (χ1v) is 9.62. The molecule has 5 nitrogen and oxygen atoms in total. The van der Waals surface area contributed by atoms with Crippen LogP contribution in [0.1, 0.15) is 47.2 Å². The number of likely N-dealkylation sites (tertiary alicyclic amines) is 1. The molecule has 1 aliphatic heterocycles. The lowest BCUT2D eigenvalue weighted by molar-refractivity contribution is 0.0950. The molecule has 3 rings (SSSR count). The molecule has 1 unspecified atom stereocenters. The van der Waals surface area contributed by atoms with Gasteiger partial charge in [0.2, 0.25) is 0 Å². The second-order valence-electron chi connectivity index (χ2n) is 6.91. The van der Waals surface area contributed by atoms with E-state index < -0.39 is 0 Å². The van der Waals surface area contributed by atoms with Crippen LogP contribution in [0.2, 0.25) is 0 Å². The van der Waals surface area contributed by atoms with Crippen LogP contribution in [0, 0.1) is 0 Å². The lowest BCUT2D eigenvalue weighted by Gasteiger charge is -2.33. The fourth-order valence-corrected chi connectivity index (χ4v) is 3.51. The molecule has 3 amide bonds. The topological polar surface area (TPSA) is 61.4 Å². The minimum Gasteiger partial charge on any atom is -0.348 e. The Labute approximate surface area is 160 Å². The highest BCUT2D eigenvalue weighted by molar-refractivity contribution is 5.94. The zero-order chi connectivity index (χ0) is 19.1. The number of urea groups is 1. The minimum absolute atomic E-state index is 0.000964. The van der Waals surface area contributed by atoms with Gasteiger partial charge in [-0.2, -0.15) is 0 Å². The van der Waals surface area contributed by atoms with E-state index in [4.69, 9.17) is 0 Å². The van der Waals surface area contributed by atoms with Gasteiger partial charge in [-0.25, -0.2) is 4.79 Å². The number of amides is 3. The molecule has 142 valence electrons. The third kappa shape index (κ3) is 5.09. The molecule has 0 bridgehead atoms. The van der Waals surface area contributed by atoms with Crippen molar-refractivity contribution in [3.05, 3.63) is 71.3 Å². The van der Waals surface area contributed by atoms with Gasteiger partial charge in [0.1, 0.15) is 0 Å². The fraction of sp³-hybridized carbons (Fsp3) is 0.364. The summed E-state index contributed by atoms with van der Waals surface area (Å²) in [4.78, 5) is 26.5. The summed E-state index contributed by atoms with van der Waals surface area (Å²) >= 11 is 0. The number of nitrogens with one attached hydrogen (secondary N) is 2. The Morgan fingerprint density at radius 1 is 1.07 bits per heavy atom. The highest BCUT2D eigenvalue weighted by atomic mass is 16.2. The lowest BCUT2D eigenvalue weighted by Crippen LogP contribution is -2.44. The lowest BCUT2D eigenvalue weighted by atomic mass is 9.89. The molecule has 1 heterocycles. The molecule has 0 aliphatic carbocycles. The minimum atomic E-state index is -0.0721. The van der Waals surface area contributed by atoms with E-state index in [2.05, 4.69) is 16.7 Å². The van der Waals surface area contributed by atoms with Crippen LogP contribution in [0.4, 0.5) is 4.79 Å². The average Bonchev–Trinajstić information content (AvgIpc) is 2.73. The molecule has 5 heteroatoms. The standard InChI is InChI=1S/C22H27N3O2/c1-2-23-22(27)25-13-7-12-20(16-25)18-10-6-11-19(14-18)21(26)24-15-17-8-4-3-5-9-17/h3-6,8-11,14,20H,2,7,12-13,15-16H2,1H3,(H,23,27)(H,24,26). The van der Waals surface area contributed by atoms with Crippen molar-refractivity contribution in [2.24, 2.45) is 0 Å². The summed E-state index contributed by atoms with van der Waals surface area (Å²) in [5.41, 5.74) is 2.86. The summed E-state index contributed by atoms with van der Waals surface area (Å²) < 4.78 is 0. The maximum absolute atomic E-state index is 12.5. The Morgan fingerprint density at radius 3 is 2.67 bits per heavy atom. The van der Waals surface area contributed by atoms with Gasteiger partial charge in [-0.1, -0.05) is 42.5 Å². The van der Waals surface area contributed by atoms with Crippen molar-refractivity contribution in [1.29, 1.82) is 0 Å². The van der Waals surface area contributed by atoms with Crippen LogP contribution in [0.15, 0.2) is 54.6 Å². The van der Waals surface area contributed by atoms with Gasteiger partial charge >= 0.3 is 6.03 Å². The molecule has 1 aliphatic rings. The van der Waals surface area contributed by atoms with Gasteiger partial charge in [-0.3, -0.25) is 4.79 Å². The van der Waals surface area contributed by atoms with Gasteiger partial charge in [-0.15, -0.1) is 0 Å². The van der Waals surface area contributed by atoms with Crippen molar-refractivity contribution in [2.45, 2.75) is 32.2 Å². The van der Waals surface area contributed by atoms with E-state index in [0.29, 0.717) is 25.2 Å². The summed E-state index contributed by atoms with van der Waals surface area (Å²) in [5.74, 6) is 0.195. The molecule has 1 fully saturated rings. The van der Waals surface area contributed by atoms with Crippen LogP contribution in [0.25, 0.3) is 0 Å². The second kappa shape index (κ2) is 9.21. The van der Waals surface area contributed by atoms with Crippen LogP contribution in [-0.4, -0.2) is 36.5 Å². The van der Waals surface area contributed by atoms with Crippen molar-refractivity contribution >= 4 is 11.9 Å². The van der Waals surface area contributed by atoms with Crippen LogP contribution in [0.3, 0.4) is 0 Å². The van der Waals surface area contributed by atoms with Crippen molar-refractivity contribution in [3.63, 3.8) is 0 Å². The van der Waals surface area contributed by atoms with Crippen LogP contribution >= 0.6 is 0 Å². The summed E-state index contributed by atoms with van der Waals surface area (Å²) in [6, 6.07) is 17.7. The summed E-state index contributed by atoms with van der Waals surface area (Å²) in [6.45, 7) is 4.56. The molecular weight excluding hydrogens is 338 g/mol. The number of benzene rings is 2. The Morgan fingerprint density at radius 2 is 1.89 bits per heavy atom. The van der Waals surface area contributed by atoms with Crippen LogP contribution < -0.4 is 10.6 Å². The second-order valence-corrected chi connectivity index (χ2v) is 6.91. The molecule has 2 aromatic rings. The Bertz CT molecular complexity index is 776. The maximum Gasteiger partial charge on any atom is 0.317 e. The molecular formula is C22H27N3O2. The predicted molar refractivity (Wildman–Crippen MR) is 107 cm³/mol. The van der Waals surface area contributed by atoms with E-state index in [9.17, 15) is 9.59 Å². The third-order valence-corrected chi connectivity index (χ3v) is 4.95. The first-order valence-electron chi connectivity index (χ1n) is 9.62. The molecule has 1 saturated heterocycles. The molecule has 0 aromatic heterocycles. The number of hydrogen-bond acceptors (Lipinski definition) is 2. The van der Waals surface area contributed by atoms with Gasteiger partial charge in [0.25, 0.3) is 5.91 Å². The number of piperidine rings is 1. The summed E-state index contributed by atoms with van der Waals surface area (Å²) in [5, 5.41) is 5.85. The summed E-state index contributed by atoms with van der Waals surface area (Å²) in [6.07, 6.45) is 2.01. The molecule has 0 spiro atoms. The van der Waals surface area contributed by atoms with Crippen LogP contribution in [-0.2, 0) is 6.54 Å². The predicted octanol–water partition coefficient (Wildman–Crippen LogP) is 3.53. The summed E-state index contributed by atoms with van der Waals surface area (Å²) in [7, 11) is 0. The largest absolute Gasteiger partial charge is 0.348 e. The monoisotopic (exact) mass is 365 g/mol. The Kier molecular flexibility index (Phi) is 6.47. The van der Waals surface area contributed by atoms with Gasteiger partial charge in [0.15, 0.2) is 0 Å². The van der Waals surface area contributed by atoms with Crippen molar-refractivity contribution in [3.8, 4) is 0 Å².